The quantitative estimate of drug-likeness (QED) is 0.893. The van der Waals surface area contributed by atoms with E-state index < -0.39 is 0 Å². The van der Waals surface area contributed by atoms with E-state index in [0.717, 1.165) is 27.5 Å². The van der Waals surface area contributed by atoms with Gasteiger partial charge >= 0.3 is 0 Å². The summed E-state index contributed by atoms with van der Waals surface area (Å²) in [6.45, 7) is 4.17. The summed E-state index contributed by atoms with van der Waals surface area (Å²) in [6, 6.07) is 7.66. The molecule has 0 bridgehead atoms. The van der Waals surface area contributed by atoms with E-state index in [1.807, 2.05) is 18.2 Å². The number of pyridine rings is 1. The highest BCUT2D eigenvalue weighted by Crippen LogP contribution is 2.30. The van der Waals surface area contributed by atoms with Crippen LogP contribution in [0.1, 0.15) is 31.9 Å². The molecule has 0 aliphatic carbocycles. The second-order valence-corrected chi connectivity index (χ2v) is 4.95. The first-order valence-electron chi connectivity index (χ1n) is 5.41. The molecule has 0 aliphatic heterocycles. The number of fused-ring (bicyclic) bond motifs is 1. The van der Waals surface area contributed by atoms with Crippen LogP contribution in [0.5, 0.6) is 5.75 Å². The van der Waals surface area contributed by atoms with Gasteiger partial charge in [-0.15, -0.1) is 0 Å². The molecule has 0 amide bonds. The normalized spacial score (nSPS) is 12.9. The fraction of sp³-hybridized carbons (Fsp3) is 0.308. The summed E-state index contributed by atoms with van der Waals surface area (Å²) in [7, 11) is 0. The lowest BCUT2D eigenvalue weighted by molar-refractivity contribution is 0.458. The van der Waals surface area contributed by atoms with Crippen LogP contribution in [-0.4, -0.2) is 10.1 Å². The van der Waals surface area contributed by atoms with Gasteiger partial charge in [0.1, 0.15) is 5.75 Å². The van der Waals surface area contributed by atoms with E-state index in [1.165, 1.54) is 0 Å². The molecule has 3 heteroatoms. The fourth-order valence-corrected chi connectivity index (χ4v) is 2.05. The molecule has 0 radical (unpaired) electrons. The molecule has 1 atom stereocenters. The Morgan fingerprint density at radius 1 is 1.38 bits per heavy atom. The van der Waals surface area contributed by atoms with E-state index in [1.54, 1.807) is 6.07 Å². The van der Waals surface area contributed by atoms with Gasteiger partial charge in [-0.2, -0.15) is 0 Å². The third-order valence-electron chi connectivity index (χ3n) is 2.87. The maximum Gasteiger partial charge on any atom is 0.137 e. The molecule has 0 fully saturated rings. The highest BCUT2D eigenvalue weighted by atomic mass is 79.9. The van der Waals surface area contributed by atoms with Gasteiger partial charge in [-0.1, -0.05) is 35.8 Å². The van der Waals surface area contributed by atoms with E-state index in [2.05, 4.69) is 34.8 Å². The molecule has 2 nitrogen and oxygen atoms in total. The van der Waals surface area contributed by atoms with Crippen LogP contribution in [-0.2, 0) is 0 Å². The molecule has 2 aromatic rings. The summed E-state index contributed by atoms with van der Waals surface area (Å²) in [5.41, 5.74) is 1.70. The van der Waals surface area contributed by atoms with Crippen molar-refractivity contribution >= 4 is 26.8 Å². The van der Waals surface area contributed by atoms with Gasteiger partial charge in [-0.05, 0) is 24.6 Å². The van der Waals surface area contributed by atoms with E-state index in [0.29, 0.717) is 5.75 Å². The third-order valence-corrected chi connectivity index (χ3v) is 3.36. The number of nitrogens with zero attached hydrogens (tertiary/aromatic N) is 1. The number of aromatic hydroxyl groups is 1. The van der Waals surface area contributed by atoms with Gasteiger partial charge in [0.15, 0.2) is 0 Å². The van der Waals surface area contributed by atoms with Gasteiger partial charge in [0.2, 0.25) is 0 Å². The zero-order valence-corrected chi connectivity index (χ0v) is 11.0. The first kappa shape index (κ1) is 11.4. The van der Waals surface area contributed by atoms with E-state index in [4.69, 9.17) is 0 Å². The fourth-order valence-electron chi connectivity index (χ4n) is 1.70. The summed E-state index contributed by atoms with van der Waals surface area (Å²) < 4.78 is 1.01. The number of hydrogen-bond acceptors (Lipinski definition) is 2. The first-order valence-corrected chi connectivity index (χ1v) is 6.20. The molecule has 1 aromatic carbocycles. The average Bonchev–Trinajstić information content (AvgIpc) is 2.28. The van der Waals surface area contributed by atoms with E-state index in [-0.39, 0.29) is 5.92 Å². The van der Waals surface area contributed by atoms with Crippen LogP contribution < -0.4 is 0 Å². The van der Waals surface area contributed by atoms with Crippen molar-refractivity contribution in [2.45, 2.75) is 26.2 Å². The Morgan fingerprint density at radius 3 is 2.81 bits per heavy atom. The first-order chi connectivity index (χ1) is 7.61. The van der Waals surface area contributed by atoms with Crippen molar-refractivity contribution in [1.82, 2.24) is 4.98 Å². The number of rotatable bonds is 2. The van der Waals surface area contributed by atoms with Gasteiger partial charge in [0, 0.05) is 15.8 Å². The second-order valence-electron chi connectivity index (χ2n) is 4.04. The molecule has 1 heterocycles. The van der Waals surface area contributed by atoms with E-state index in [9.17, 15) is 5.11 Å². The lowest BCUT2D eigenvalue weighted by Crippen LogP contribution is -1.96. The van der Waals surface area contributed by atoms with Crippen molar-refractivity contribution in [2.75, 3.05) is 0 Å². The van der Waals surface area contributed by atoms with E-state index >= 15 is 0 Å². The number of hydrogen-bond donors (Lipinski definition) is 1. The Hall–Kier alpha value is -1.09. The minimum Gasteiger partial charge on any atom is -0.506 e. The summed E-state index contributed by atoms with van der Waals surface area (Å²) >= 11 is 3.43. The van der Waals surface area contributed by atoms with Crippen molar-refractivity contribution in [2.24, 2.45) is 0 Å². The second kappa shape index (κ2) is 4.42. The summed E-state index contributed by atoms with van der Waals surface area (Å²) in [6.07, 6.45) is 0.972. The zero-order valence-electron chi connectivity index (χ0n) is 9.37. The average molecular weight is 280 g/mol. The van der Waals surface area contributed by atoms with Gasteiger partial charge in [-0.25, -0.2) is 4.98 Å². The third kappa shape index (κ3) is 2.05. The summed E-state index contributed by atoms with van der Waals surface area (Å²) in [5, 5.41) is 10.9. The molecule has 1 unspecified atom stereocenters. The molecular formula is C13H14BrNO. The summed E-state index contributed by atoms with van der Waals surface area (Å²) in [5.74, 6) is 0.576. The lowest BCUT2D eigenvalue weighted by atomic mass is 10.0. The molecular weight excluding hydrogens is 266 g/mol. The maximum atomic E-state index is 9.91. The SMILES string of the molecule is CCC(C)c1nc2cc(Br)ccc2cc1O. The van der Waals surface area contributed by atoms with Crippen molar-refractivity contribution < 1.29 is 5.11 Å². The van der Waals surface area contributed by atoms with Gasteiger partial charge < -0.3 is 5.11 Å². The highest BCUT2D eigenvalue weighted by Gasteiger charge is 2.11. The Balaban J connectivity index is 2.64. The van der Waals surface area contributed by atoms with Crippen LogP contribution in [0.3, 0.4) is 0 Å². The van der Waals surface area contributed by atoms with Crippen LogP contribution in [0, 0.1) is 0 Å². The molecule has 0 aliphatic rings. The van der Waals surface area contributed by atoms with Crippen molar-refractivity contribution in [3.05, 3.63) is 34.4 Å². The number of halogens is 1. The molecule has 1 N–H and O–H groups in total. The van der Waals surface area contributed by atoms with Gasteiger partial charge in [0.25, 0.3) is 0 Å². The predicted molar refractivity (Wildman–Crippen MR) is 69.8 cm³/mol. The summed E-state index contributed by atoms with van der Waals surface area (Å²) in [4.78, 5) is 4.53. The largest absolute Gasteiger partial charge is 0.506 e. The van der Waals surface area contributed by atoms with Crippen molar-refractivity contribution in [3.8, 4) is 5.75 Å². The standard InChI is InChI=1S/C13H14BrNO/c1-3-8(2)13-12(16)6-9-4-5-10(14)7-11(9)15-13/h4-8,16H,3H2,1-2H3. The van der Waals surface area contributed by atoms with Crippen LogP contribution in [0.2, 0.25) is 0 Å². The Labute approximate surface area is 103 Å². The Morgan fingerprint density at radius 2 is 2.12 bits per heavy atom. The maximum absolute atomic E-state index is 9.91. The smallest absolute Gasteiger partial charge is 0.137 e. The highest BCUT2D eigenvalue weighted by molar-refractivity contribution is 9.10. The predicted octanol–water partition coefficient (Wildman–Crippen LogP) is 4.22. The van der Waals surface area contributed by atoms with Crippen LogP contribution in [0.15, 0.2) is 28.7 Å². The molecule has 2 rings (SSSR count). The minimum atomic E-state index is 0.281. The van der Waals surface area contributed by atoms with Crippen molar-refractivity contribution in [1.29, 1.82) is 0 Å². The monoisotopic (exact) mass is 279 g/mol. The molecule has 1 aromatic heterocycles. The van der Waals surface area contributed by atoms with Crippen LogP contribution in [0.25, 0.3) is 10.9 Å². The Kier molecular flexibility index (Phi) is 3.15. The topological polar surface area (TPSA) is 33.1 Å². The lowest BCUT2D eigenvalue weighted by Gasteiger charge is -2.11. The molecule has 0 saturated heterocycles. The molecule has 84 valence electrons. The molecule has 0 spiro atoms. The zero-order chi connectivity index (χ0) is 11.7. The van der Waals surface area contributed by atoms with Crippen LogP contribution in [0.4, 0.5) is 0 Å². The van der Waals surface area contributed by atoms with Crippen molar-refractivity contribution in [3.63, 3.8) is 0 Å². The molecule has 16 heavy (non-hydrogen) atoms. The molecule has 0 saturated carbocycles. The number of aromatic nitrogens is 1. The minimum absolute atomic E-state index is 0.281. The van der Waals surface area contributed by atoms with Gasteiger partial charge in [-0.3, -0.25) is 0 Å². The Bertz CT molecular complexity index is 525. The van der Waals surface area contributed by atoms with Gasteiger partial charge in [0.05, 0.1) is 11.2 Å². The number of benzene rings is 1. The van der Waals surface area contributed by atoms with Crippen LogP contribution >= 0.6 is 15.9 Å².